The van der Waals surface area contributed by atoms with Crippen molar-refractivity contribution in [3.05, 3.63) is 65.7 Å². The molecule has 2 aromatic heterocycles. The average molecular weight is 421 g/mol. The predicted molar refractivity (Wildman–Crippen MR) is 116 cm³/mol. The number of nitriles is 1. The first kappa shape index (κ1) is 19.0. The molecule has 0 atom stereocenters. The summed E-state index contributed by atoms with van der Waals surface area (Å²) in [5.74, 6) is 0.491. The summed E-state index contributed by atoms with van der Waals surface area (Å²) in [6.07, 6.45) is 0. The van der Waals surface area contributed by atoms with Gasteiger partial charge in [0.1, 0.15) is 17.4 Å². The molecule has 3 N–H and O–H groups in total. The van der Waals surface area contributed by atoms with Gasteiger partial charge in [0.25, 0.3) is 0 Å². The number of imidazole rings is 1. The van der Waals surface area contributed by atoms with Crippen LogP contribution in [0.25, 0.3) is 16.6 Å². The molecular weight excluding hydrogens is 404 g/mol. The van der Waals surface area contributed by atoms with Crippen molar-refractivity contribution in [3.8, 4) is 6.07 Å². The minimum atomic E-state index is -0.0556. The smallest absolute Gasteiger partial charge is 0.210 e. The number of para-hydroxylation sites is 2. The summed E-state index contributed by atoms with van der Waals surface area (Å²) >= 11 is 2.70. The van der Waals surface area contributed by atoms with Gasteiger partial charge in [0, 0.05) is 5.69 Å². The molecule has 9 heteroatoms. The van der Waals surface area contributed by atoms with Gasteiger partial charge in [-0.2, -0.15) is 5.26 Å². The number of benzene rings is 2. The van der Waals surface area contributed by atoms with Gasteiger partial charge in [-0.05, 0) is 36.8 Å². The summed E-state index contributed by atoms with van der Waals surface area (Å²) in [6, 6.07) is 17.5. The summed E-state index contributed by atoms with van der Waals surface area (Å²) < 4.78 is 0.689. The van der Waals surface area contributed by atoms with E-state index < -0.39 is 0 Å². The van der Waals surface area contributed by atoms with Gasteiger partial charge >= 0.3 is 0 Å². The van der Waals surface area contributed by atoms with E-state index in [-0.39, 0.29) is 17.1 Å². The SMILES string of the molecule is Cc1cccc(Nc2nnc(SCC(O)=C(C#N)c3nc4ccccc4[nH]3)s2)c1. The molecule has 0 spiro atoms. The van der Waals surface area contributed by atoms with Crippen molar-refractivity contribution in [3.63, 3.8) is 0 Å². The highest BCUT2D eigenvalue weighted by atomic mass is 32.2. The lowest BCUT2D eigenvalue weighted by Crippen LogP contribution is -1.95. The van der Waals surface area contributed by atoms with Crippen LogP contribution in [-0.4, -0.2) is 31.0 Å². The molecule has 0 bridgehead atoms. The molecule has 0 amide bonds. The molecule has 0 aliphatic carbocycles. The first-order valence-corrected chi connectivity index (χ1v) is 10.5. The Bertz CT molecular complexity index is 1200. The number of H-pyrrole nitrogens is 1. The molecule has 2 aromatic carbocycles. The lowest BCUT2D eigenvalue weighted by atomic mass is 10.2. The number of rotatable bonds is 6. The lowest BCUT2D eigenvalue weighted by Gasteiger charge is -2.02. The molecule has 0 saturated heterocycles. The van der Waals surface area contributed by atoms with Crippen LogP contribution in [0, 0.1) is 18.3 Å². The third-order valence-corrected chi connectivity index (χ3v) is 6.02. The van der Waals surface area contributed by atoms with Crippen molar-refractivity contribution in [2.75, 3.05) is 11.1 Å². The highest BCUT2D eigenvalue weighted by Gasteiger charge is 2.14. The van der Waals surface area contributed by atoms with Gasteiger partial charge in [0.05, 0.1) is 16.8 Å². The number of aromatic amines is 1. The van der Waals surface area contributed by atoms with Crippen LogP contribution < -0.4 is 5.32 Å². The molecule has 4 rings (SSSR count). The van der Waals surface area contributed by atoms with Gasteiger partial charge in [0.2, 0.25) is 5.13 Å². The molecule has 0 radical (unpaired) electrons. The number of thioether (sulfide) groups is 1. The van der Waals surface area contributed by atoms with Gasteiger partial charge in [-0.3, -0.25) is 0 Å². The monoisotopic (exact) mass is 420 g/mol. The molecule has 2 heterocycles. The number of aryl methyl sites for hydroxylation is 1. The molecule has 0 saturated carbocycles. The van der Waals surface area contributed by atoms with E-state index in [0.29, 0.717) is 15.3 Å². The Morgan fingerprint density at radius 2 is 2.10 bits per heavy atom. The second-order valence-electron chi connectivity index (χ2n) is 6.19. The summed E-state index contributed by atoms with van der Waals surface area (Å²) in [7, 11) is 0. The quantitative estimate of drug-likeness (QED) is 0.227. The molecule has 4 aromatic rings. The Morgan fingerprint density at radius 1 is 1.24 bits per heavy atom. The van der Waals surface area contributed by atoms with Gasteiger partial charge in [0.15, 0.2) is 10.2 Å². The zero-order chi connectivity index (χ0) is 20.2. The zero-order valence-corrected chi connectivity index (χ0v) is 17.0. The van der Waals surface area contributed by atoms with Gasteiger partial charge in [-0.15, -0.1) is 10.2 Å². The summed E-state index contributed by atoms with van der Waals surface area (Å²) in [5.41, 5.74) is 3.77. The second-order valence-corrected chi connectivity index (χ2v) is 8.39. The first-order chi connectivity index (χ1) is 14.1. The first-order valence-electron chi connectivity index (χ1n) is 8.69. The van der Waals surface area contributed by atoms with E-state index in [4.69, 9.17) is 0 Å². The zero-order valence-electron chi connectivity index (χ0n) is 15.4. The Labute approximate surface area is 175 Å². The maximum absolute atomic E-state index is 10.4. The van der Waals surface area contributed by atoms with Crippen molar-refractivity contribution in [2.24, 2.45) is 0 Å². The minimum absolute atomic E-state index is 0.0556. The number of nitrogens with zero attached hydrogens (tertiary/aromatic N) is 4. The number of fused-ring (bicyclic) bond motifs is 1. The normalized spacial score (nSPS) is 11.9. The van der Waals surface area contributed by atoms with Gasteiger partial charge in [-0.1, -0.05) is 47.4 Å². The van der Waals surface area contributed by atoms with E-state index >= 15 is 0 Å². The van der Waals surface area contributed by atoms with E-state index in [0.717, 1.165) is 22.3 Å². The van der Waals surface area contributed by atoms with E-state index in [1.165, 1.54) is 23.1 Å². The molecule has 0 aliphatic rings. The molecule has 0 aliphatic heterocycles. The van der Waals surface area contributed by atoms with Crippen LogP contribution in [0.1, 0.15) is 11.4 Å². The Morgan fingerprint density at radius 3 is 2.90 bits per heavy atom. The van der Waals surface area contributed by atoms with Crippen molar-refractivity contribution in [1.82, 2.24) is 20.2 Å². The number of hydrogen-bond acceptors (Lipinski definition) is 8. The van der Waals surface area contributed by atoms with E-state index in [1.807, 2.05) is 61.5 Å². The van der Waals surface area contributed by atoms with Crippen LogP contribution in [-0.2, 0) is 0 Å². The Balaban J connectivity index is 1.46. The third kappa shape index (κ3) is 4.39. The topological polar surface area (TPSA) is 111 Å². The fraction of sp³-hybridized carbons (Fsp3) is 0.100. The number of aromatic nitrogens is 4. The van der Waals surface area contributed by atoms with E-state index in [9.17, 15) is 10.4 Å². The standard InChI is InChI=1S/C20H16N6OS2/c1-12-5-4-6-13(9-12)22-19-25-26-20(29-19)28-11-17(27)14(10-21)18-23-15-7-2-3-8-16(15)24-18/h2-9,27H,11H2,1H3,(H,22,25)(H,23,24). The summed E-state index contributed by atoms with van der Waals surface area (Å²) in [5, 5.41) is 32.1. The van der Waals surface area contributed by atoms with Crippen LogP contribution in [0.5, 0.6) is 0 Å². The number of nitrogens with one attached hydrogen (secondary N) is 2. The molecule has 0 fully saturated rings. The number of allylic oxidation sites excluding steroid dienone is 1. The largest absolute Gasteiger partial charge is 0.510 e. The number of anilines is 2. The Hall–Kier alpha value is -3.35. The third-order valence-electron chi connectivity index (χ3n) is 4.03. The maximum atomic E-state index is 10.4. The summed E-state index contributed by atoms with van der Waals surface area (Å²) in [4.78, 5) is 7.44. The minimum Gasteiger partial charge on any atom is -0.510 e. The van der Waals surface area contributed by atoms with Crippen LogP contribution in [0.3, 0.4) is 0 Å². The highest BCUT2D eigenvalue weighted by Crippen LogP contribution is 2.30. The number of aliphatic hydroxyl groups excluding tert-OH is 1. The van der Waals surface area contributed by atoms with Crippen molar-refractivity contribution in [2.45, 2.75) is 11.3 Å². The maximum Gasteiger partial charge on any atom is 0.210 e. The van der Waals surface area contributed by atoms with Crippen LogP contribution in [0.4, 0.5) is 10.8 Å². The molecule has 29 heavy (non-hydrogen) atoms. The van der Waals surface area contributed by atoms with Gasteiger partial charge < -0.3 is 15.4 Å². The predicted octanol–water partition coefficient (Wildman–Crippen LogP) is 5.05. The van der Waals surface area contributed by atoms with Crippen LogP contribution >= 0.6 is 23.1 Å². The lowest BCUT2D eigenvalue weighted by molar-refractivity contribution is 0.420. The van der Waals surface area contributed by atoms with E-state index in [1.54, 1.807) is 0 Å². The van der Waals surface area contributed by atoms with Crippen LogP contribution in [0.2, 0.25) is 0 Å². The number of aliphatic hydroxyl groups is 1. The summed E-state index contributed by atoms with van der Waals surface area (Å²) in [6.45, 7) is 2.02. The van der Waals surface area contributed by atoms with Crippen molar-refractivity contribution < 1.29 is 5.11 Å². The molecular formula is C20H16N6OS2. The van der Waals surface area contributed by atoms with E-state index in [2.05, 4.69) is 25.5 Å². The molecule has 144 valence electrons. The fourth-order valence-corrected chi connectivity index (χ4v) is 4.34. The molecule has 0 unspecified atom stereocenters. The second kappa shape index (κ2) is 8.34. The Kier molecular flexibility index (Phi) is 5.46. The number of hydrogen-bond donors (Lipinski definition) is 3. The van der Waals surface area contributed by atoms with Crippen molar-refractivity contribution >= 4 is 50.5 Å². The highest BCUT2D eigenvalue weighted by molar-refractivity contribution is 8.01. The fourth-order valence-electron chi connectivity index (χ4n) is 2.69. The average Bonchev–Trinajstić information content (AvgIpc) is 3.33. The van der Waals surface area contributed by atoms with Gasteiger partial charge in [-0.25, -0.2) is 4.98 Å². The molecule has 7 nitrogen and oxygen atoms in total. The van der Waals surface area contributed by atoms with Crippen LogP contribution in [0.15, 0.2) is 58.6 Å². The van der Waals surface area contributed by atoms with Crippen molar-refractivity contribution in [1.29, 1.82) is 5.26 Å².